The molecule has 0 spiro atoms. The van der Waals surface area contributed by atoms with Gasteiger partial charge in [-0.15, -0.1) is 0 Å². The van der Waals surface area contributed by atoms with E-state index in [0.717, 1.165) is 34.9 Å². The Bertz CT molecular complexity index is 1010. The summed E-state index contributed by atoms with van der Waals surface area (Å²) >= 11 is 0. The molecule has 2 bridgehead atoms. The van der Waals surface area contributed by atoms with Crippen LogP contribution in [0.4, 0.5) is 0 Å². The van der Waals surface area contributed by atoms with Gasteiger partial charge in [0.1, 0.15) is 5.69 Å². The Balaban J connectivity index is 1.24. The molecule has 1 saturated heterocycles. The molecule has 6 rings (SSSR count). The molecule has 1 aliphatic heterocycles. The van der Waals surface area contributed by atoms with Crippen LogP contribution in [0.1, 0.15) is 63.8 Å². The van der Waals surface area contributed by atoms with Crippen molar-refractivity contribution < 1.29 is 0 Å². The quantitative estimate of drug-likeness (QED) is 0.567. The molecular formula is C26H33N5. The summed E-state index contributed by atoms with van der Waals surface area (Å²) in [6, 6.07) is 9.82. The fourth-order valence-electron chi connectivity index (χ4n) is 6.68. The van der Waals surface area contributed by atoms with E-state index in [1.807, 2.05) is 6.20 Å². The van der Waals surface area contributed by atoms with Crippen LogP contribution in [0.15, 0.2) is 42.9 Å². The molecule has 5 nitrogen and oxygen atoms in total. The van der Waals surface area contributed by atoms with Gasteiger partial charge in [0.15, 0.2) is 5.82 Å². The lowest BCUT2D eigenvalue weighted by molar-refractivity contribution is 0.0719. The van der Waals surface area contributed by atoms with Crippen molar-refractivity contribution in [1.82, 2.24) is 24.4 Å². The van der Waals surface area contributed by atoms with Crippen LogP contribution in [0.3, 0.4) is 0 Å². The maximum absolute atomic E-state index is 4.96. The fraction of sp³-hybridized carbons (Fsp3) is 0.577. The van der Waals surface area contributed by atoms with Crippen molar-refractivity contribution in [3.63, 3.8) is 0 Å². The third-order valence-electron chi connectivity index (χ3n) is 8.12. The van der Waals surface area contributed by atoms with E-state index in [4.69, 9.17) is 4.98 Å². The molecule has 3 heterocycles. The molecule has 0 radical (unpaired) electrons. The minimum atomic E-state index is 0.478. The Labute approximate surface area is 184 Å². The van der Waals surface area contributed by atoms with Crippen LogP contribution < -0.4 is 0 Å². The van der Waals surface area contributed by atoms with Crippen LogP contribution in [0.5, 0.6) is 0 Å². The number of para-hydroxylation sites is 2. The zero-order valence-corrected chi connectivity index (χ0v) is 18.4. The average molecular weight is 416 g/mol. The molecule has 0 N–H and O–H groups in total. The molecule has 3 aliphatic rings. The van der Waals surface area contributed by atoms with Gasteiger partial charge in [0.25, 0.3) is 0 Å². The number of rotatable bonds is 3. The average Bonchev–Trinajstić information content (AvgIpc) is 3.13. The molecule has 1 unspecified atom stereocenters. The van der Waals surface area contributed by atoms with Crippen LogP contribution in [0.2, 0.25) is 0 Å². The zero-order chi connectivity index (χ0) is 20.6. The van der Waals surface area contributed by atoms with E-state index in [1.165, 1.54) is 76.4 Å². The highest BCUT2D eigenvalue weighted by Gasteiger charge is 2.35. The molecule has 3 aromatic rings. The second kappa shape index (κ2) is 8.34. The SMILES string of the molecule is c1ccc2c(c1)nc(-c1cnccn1)n2C1CCN(C2C[C@H]3CCCC[C@@H](C2)C3)CC1. The lowest BCUT2D eigenvalue weighted by Gasteiger charge is -2.43. The topological polar surface area (TPSA) is 46.8 Å². The molecule has 1 aromatic carbocycles. The number of benzene rings is 1. The first-order chi connectivity index (χ1) is 15.3. The van der Waals surface area contributed by atoms with Crippen molar-refractivity contribution in [2.24, 2.45) is 11.8 Å². The Hall–Kier alpha value is -2.27. The number of likely N-dealkylation sites (tertiary alicyclic amines) is 1. The van der Waals surface area contributed by atoms with E-state index in [2.05, 4.69) is 43.7 Å². The lowest BCUT2D eigenvalue weighted by Crippen LogP contribution is -2.45. The number of nitrogens with zero attached hydrogens (tertiary/aromatic N) is 5. The first-order valence-corrected chi connectivity index (χ1v) is 12.3. The van der Waals surface area contributed by atoms with Crippen LogP contribution in [-0.2, 0) is 0 Å². The van der Waals surface area contributed by atoms with Crippen molar-refractivity contribution in [2.75, 3.05) is 13.1 Å². The summed E-state index contributed by atoms with van der Waals surface area (Å²) in [4.78, 5) is 16.7. The monoisotopic (exact) mass is 415 g/mol. The van der Waals surface area contributed by atoms with Gasteiger partial charge in [0.05, 0.1) is 17.2 Å². The number of piperidine rings is 1. The van der Waals surface area contributed by atoms with Crippen molar-refractivity contribution in [3.8, 4) is 11.5 Å². The summed E-state index contributed by atoms with van der Waals surface area (Å²) in [7, 11) is 0. The summed E-state index contributed by atoms with van der Waals surface area (Å²) in [5.74, 6) is 2.95. The number of imidazole rings is 1. The molecule has 2 aliphatic carbocycles. The zero-order valence-electron chi connectivity index (χ0n) is 18.4. The van der Waals surface area contributed by atoms with E-state index < -0.39 is 0 Å². The van der Waals surface area contributed by atoms with E-state index in [-0.39, 0.29) is 0 Å². The van der Waals surface area contributed by atoms with Crippen LogP contribution >= 0.6 is 0 Å². The van der Waals surface area contributed by atoms with Gasteiger partial charge in [-0.1, -0.05) is 37.8 Å². The number of aromatic nitrogens is 4. The van der Waals surface area contributed by atoms with Gasteiger partial charge in [0.2, 0.25) is 0 Å². The predicted octanol–water partition coefficient (Wildman–Crippen LogP) is 5.49. The molecule has 2 aromatic heterocycles. The first kappa shape index (κ1) is 19.4. The molecule has 0 amide bonds. The number of hydrogen-bond donors (Lipinski definition) is 0. The number of hydrogen-bond acceptors (Lipinski definition) is 4. The first-order valence-electron chi connectivity index (χ1n) is 12.3. The van der Waals surface area contributed by atoms with Crippen molar-refractivity contribution in [1.29, 1.82) is 0 Å². The summed E-state index contributed by atoms with van der Waals surface area (Å²) in [6.45, 7) is 2.42. The molecule has 162 valence electrons. The van der Waals surface area contributed by atoms with Gasteiger partial charge in [-0.05, 0) is 56.1 Å². The van der Waals surface area contributed by atoms with E-state index in [1.54, 1.807) is 12.4 Å². The summed E-state index contributed by atoms with van der Waals surface area (Å²) in [5.41, 5.74) is 3.16. The molecular weight excluding hydrogens is 382 g/mol. The summed E-state index contributed by atoms with van der Waals surface area (Å²) in [5, 5.41) is 0. The van der Waals surface area contributed by atoms with E-state index >= 15 is 0 Å². The lowest BCUT2D eigenvalue weighted by atomic mass is 9.77. The highest BCUT2D eigenvalue weighted by atomic mass is 15.2. The Morgan fingerprint density at radius 1 is 0.806 bits per heavy atom. The van der Waals surface area contributed by atoms with Gasteiger partial charge in [-0.3, -0.25) is 4.98 Å². The van der Waals surface area contributed by atoms with Crippen LogP contribution in [0.25, 0.3) is 22.6 Å². The molecule has 2 saturated carbocycles. The van der Waals surface area contributed by atoms with Crippen LogP contribution in [0, 0.1) is 11.8 Å². The summed E-state index contributed by atoms with van der Waals surface area (Å²) in [6.07, 6.45) is 18.0. The van der Waals surface area contributed by atoms with Crippen molar-refractivity contribution in [2.45, 2.75) is 69.9 Å². The van der Waals surface area contributed by atoms with Crippen molar-refractivity contribution >= 4 is 11.0 Å². The molecule has 3 atom stereocenters. The standard InChI is InChI=1S/C26H33N5/c1-2-6-20-15-19(5-1)16-22(17-20)30-13-9-21(10-14-30)31-25-8-4-3-7-23(25)29-26(31)24-18-27-11-12-28-24/h3-4,7-8,11-12,18-22H,1-2,5-6,9-10,13-17H2/t19-,20+,22?. The number of fused-ring (bicyclic) bond motifs is 3. The Morgan fingerprint density at radius 2 is 1.58 bits per heavy atom. The third-order valence-corrected chi connectivity index (χ3v) is 8.12. The van der Waals surface area contributed by atoms with Crippen molar-refractivity contribution in [3.05, 3.63) is 42.9 Å². The molecule has 31 heavy (non-hydrogen) atoms. The Kier molecular flexibility index (Phi) is 5.23. The highest BCUT2D eigenvalue weighted by molar-refractivity contribution is 5.80. The van der Waals surface area contributed by atoms with Crippen LogP contribution in [-0.4, -0.2) is 43.6 Å². The second-order valence-electron chi connectivity index (χ2n) is 10.0. The molecule has 3 fully saturated rings. The fourth-order valence-corrected chi connectivity index (χ4v) is 6.68. The van der Waals surface area contributed by atoms with Gasteiger partial charge >= 0.3 is 0 Å². The van der Waals surface area contributed by atoms with Gasteiger partial charge in [-0.25, -0.2) is 9.97 Å². The molecule has 5 heteroatoms. The summed E-state index contributed by atoms with van der Waals surface area (Å²) < 4.78 is 2.46. The minimum absolute atomic E-state index is 0.478. The van der Waals surface area contributed by atoms with Gasteiger partial charge < -0.3 is 9.47 Å². The maximum Gasteiger partial charge on any atom is 0.161 e. The second-order valence-corrected chi connectivity index (χ2v) is 10.0. The Morgan fingerprint density at radius 3 is 2.32 bits per heavy atom. The van der Waals surface area contributed by atoms with E-state index in [0.29, 0.717) is 6.04 Å². The highest BCUT2D eigenvalue weighted by Crippen LogP contribution is 2.41. The van der Waals surface area contributed by atoms with Gasteiger partial charge in [0, 0.05) is 37.6 Å². The maximum atomic E-state index is 4.96. The predicted molar refractivity (Wildman–Crippen MR) is 124 cm³/mol. The van der Waals surface area contributed by atoms with E-state index in [9.17, 15) is 0 Å². The minimum Gasteiger partial charge on any atom is -0.319 e. The normalized spacial score (nSPS) is 27.9. The third kappa shape index (κ3) is 3.78. The largest absolute Gasteiger partial charge is 0.319 e. The smallest absolute Gasteiger partial charge is 0.161 e. The van der Waals surface area contributed by atoms with Gasteiger partial charge in [-0.2, -0.15) is 0 Å².